The Morgan fingerprint density at radius 1 is 1.00 bits per heavy atom. The smallest absolute Gasteiger partial charge is 0.119 e. The molecule has 1 fully saturated rings. The lowest BCUT2D eigenvalue weighted by Crippen LogP contribution is -2.44. The van der Waals surface area contributed by atoms with Crippen LogP contribution in [0.1, 0.15) is 6.92 Å². The van der Waals surface area contributed by atoms with Crippen molar-refractivity contribution in [3.63, 3.8) is 0 Å². The van der Waals surface area contributed by atoms with Crippen molar-refractivity contribution in [1.82, 2.24) is 10.2 Å². The quantitative estimate of drug-likeness (QED) is 0.870. The molecule has 1 N–H and O–H groups in total. The normalized spacial score (nSPS) is 14.8. The van der Waals surface area contributed by atoms with Gasteiger partial charge in [-0.15, -0.1) is 24.8 Å². The van der Waals surface area contributed by atoms with E-state index in [0.29, 0.717) is 6.61 Å². The summed E-state index contributed by atoms with van der Waals surface area (Å²) in [4.78, 5) is 2.42. The minimum atomic E-state index is 0. The highest BCUT2D eigenvalue weighted by molar-refractivity contribution is 5.85. The van der Waals surface area contributed by atoms with Crippen LogP contribution in [0.4, 0.5) is 0 Å². The zero-order valence-electron chi connectivity index (χ0n) is 11.8. The average molecular weight is 323 g/mol. The maximum absolute atomic E-state index is 5.72. The molecule has 2 rings (SSSR count). The Balaban J connectivity index is 0.00000180. The summed E-state index contributed by atoms with van der Waals surface area (Å²) in [7, 11) is 0. The Morgan fingerprint density at radius 2 is 1.55 bits per heavy atom. The summed E-state index contributed by atoms with van der Waals surface area (Å²) in [5.41, 5.74) is 0. The number of rotatable bonds is 6. The number of hydrogen-bond acceptors (Lipinski definition) is 4. The van der Waals surface area contributed by atoms with E-state index in [9.17, 15) is 0 Å². The summed E-state index contributed by atoms with van der Waals surface area (Å²) < 4.78 is 11.1. The lowest BCUT2D eigenvalue weighted by Gasteiger charge is -2.26. The molecule has 1 saturated heterocycles. The molecule has 0 unspecified atom stereocenters. The first-order valence-corrected chi connectivity index (χ1v) is 6.67. The monoisotopic (exact) mass is 322 g/mol. The van der Waals surface area contributed by atoms with Gasteiger partial charge in [-0.1, -0.05) is 0 Å². The van der Waals surface area contributed by atoms with Gasteiger partial charge in [0.1, 0.15) is 18.1 Å². The van der Waals surface area contributed by atoms with Gasteiger partial charge in [0, 0.05) is 32.7 Å². The first-order valence-electron chi connectivity index (χ1n) is 6.67. The van der Waals surface area contributed by atoms with Gasteiger partial charge in [-0.2, -0.15) is 0 Å². The van der Waals surface area contributed by atoms with Crippen LogP contribution in [0.2, 0.25) is 0 Å². The number of nitrogens with zero attached hydrogens (tertiary/aromatic N) is 1. The van der Waals surface area contributed by atoms with Crippen molar-refractivity contribution < 1.29 is 9.47 Å². The molecule has 1 aromatic rings. The van der Waals surface area contributed by atoms with Crippen LogP contribution < -0.4 is 14.8 Å². The Bertz CT molecular complexity index is 344. The van der Waals surface area contributed by atoms with Crippen LogP contribution >= 0.6 is 24.8 Å². The largest absolute Gasteiger partial charge is 0.494 e. The second-order valence-electron chi connectivity index (χ2n) is 4.34. The third kappa shape index (κ3) is 6.66. The number of benzene rings is 1. The van der Waals surface area contributed by atoms with Crippen LogP contribution in [0.25, 0.3) is 0 Å². The molecule has 1 heterocycles. The summed E-state index contributed by atoms with van der Waals surface area (Å²) in [6.07, 6.45) is 0. The van der Waals surface area contributed by atoms with Crippen molar-refractivity contribution in [2.75, 3.05) is 45.9 Å². The van der Waals surface area contributed by atoms with Crippen molar-refractivity contribution >= 4 is 24.8 Å². The molecular formula is C14H24Cl2N2O2. The highest BCUT2D eigenvalue weighted by Gasteiger charge is 2.08. The summed E-state index contributed by atoms with van der Waals surface area (Å²) in [6, 6.07) is 7.82. The summed E-state index contributed by atoms with van der Waals surface area (Å²) in [5.74, 6) is 1.81. The lowest BCUT2D eigenvalue weighted by molar-refractivity contribution is 0.191. The van der Waals surface area contributed by atoms with E-state index in [4.69, 9.17) is 9.47 Å². The maximum Gasteiger partial charge on any atom is 0.119 e. The van der Waals surface area contributed by atoms with Gasteiger partial charge in [0.15, 0.2) is 0 Å². The van der Waals surface area contributed by atoms with E-state index >= 15 is 0 Å². The third-order valence-corrected chi connectivity index (χ3v) is 3.02. The zero-order chi connectivity index (χ0) is 12.6. The van der Waals surface area contributed by atoms with Gasteiger partial charge in [0.05, 0.1) is 6.61 Å². The van der Waals surface area contributed by atoms with Crippen molar-refractivity contribution in [1.29, 1.82) is 0 Å². The predicted octanol–water partition coefficient (Wildman–Crippen LogP) is 2.21. The van der Waals surface area contributed by atoms with Crippen LogP contribution in [0, 0.1) is 0 Å². The Hall–Kier alpha value is -0.680. The Kier molecular flexibility index (Phi) is 10.7. The van der Waals surface area contributed by atoms with E-state index in [-0.39, 0.29) is 24.8 Å². The van der Waals surface area contributed by atoms with Gasteiger partial charge in [-0.05, 0) is 31.2 Å². The molecule has 20 heavy (non-hydrogen) atoms. The SMILES string of the molecule is CCOc1ccc(OCCN2CCNCC2)cc1.Cl.Cl. The number of nitrogens with one attached hydrogen (secondary N) is 1. The highest BCUT2D eigenvalue weighted by Crippen LogP contribution is 2.17. The molecule has 0 atom stereocenters. The first kappa shape index (κ1) is 19.3. The van der Waals surface area contributed by atoms with E-state index in [2.05, 4.69) is 10.2 Å². The van der Waals surface area contributed by atoms with Crippen LogP contribution in [0.15, 0.2) is 24.3 Å². The summed E-state index contributed by atoms with van der Waals surface area (Å²) in [5, 5.41) is 3.34. The Labute approximate surface area is 133 Å². The van der Waals surface area contributed by atoms with Crippen LogP contribution in [0.5, 0.6) is 11.5 Å². The molecule has 6 heteroatoms. The molecule has 1 aliphatic rings. The lowest BCUT2D eigenvalue weighted by atomic mass is 10.3. The van der Waals surface area contributed by atoms with Crippen LogP contribution in [-0.2, 0) is 0 Å². The van der Waals surface area contributed by atoms with Gasteiger partial charge >= 0.3 is 0 Å². The van der Waals surface area contributed by atoms with E-state index in [0.717, 1.165) is 50.8 Å². The van der Waals surface area contributed by atoms with E-state index in [1.165, 1.54) is 0 Å². The fraction of sp³-hybridized carbons (Fsp3) is 0.571. The molecule has 0 bridgehead atoms. The molecule has 4 nitrogen and oxygen atoms in total. The predicted molar refractivity (Wildman–Crippen MR) is 86.9 cm³/mol. The Morgan fingerprint density at radius 3 is 2.10 bits per heavy atom. The minimum Gasteiger partial charge on any atom is -0.494 e. The average Bonchev–Trinajstić information content (AvgIpc) is 2.42. The third-order valence-electron chi connectivity index (χ3n) is 3.02. The minimum absolute atomic E-state index is 0. The second kappa shape index (κ2) is 11.0. The van der Waals surface area contributed by atoms with E-state index < -0.39 is 0 Å². The number of piperazine rings is 1. The fourth-order valence-electron chi connectivity index (χ4n) is 2.03. The van der Waals surface area contributed by atoms with Crippen LogP contribution in [-0.4, -0.2) is 50.8 Å². The molecule has 1 aromatic carbocycles. The van der Waals surface area contributed by atoms with Crippen molar-refractivity contribution in [2.24, 2.45) is 0 Å². The van der Waals surface area contributed by atoms with Gasteiger partial charge in [-0.25, -0.2) is 0 Å². The number of hydrogen-bond donors (Lipinski definition) is 1. The molecule has 0 aromatic heterocycles. The van der Waals surface area contributed by atoms with Crippen molar-refractivity contribution in [3.05, 3.63) is 24.3 Å². The molecule has 0 radical (unpaired) electrons. The molecule has 0 amide bonds. The number of ether oxygens (including phenoxy) is 2. The second-order valence-corrected chi connectivity index (χ2v) is 4.34. The van der Waals surface area contributed by atoms with Crippen LogP contribution in [0.3, 0.4) is 0 Å². The van der Waals surface area contributed by atoms with Gasteiger partial charge in [0.25, 0.3) is 0 Å². The molecule has 1 aliphatic heterocycles. The van der Waals surface area contributed by atoms with Crippen molar-refractivity contribution in [3.8, 4) is 11.5 Å². The van der Waals surface area contributed by atoms with E-state index in [1.54, 1.807) is 0 Å². The standard InChI is InChI=1S/C14H22N2O2.2ClH/c1-2-17-13-3-5-14(6-4-13)18-12-11-16-9-7-15-8-10-16;;/h3-6,15H,2,7-12H2,1H3;2*1H. The molecule has 0 saturated carbocycles. The van der Waals surface area contributed by atoms with Gasteiger partial charge in [-0.3, -0.25) is 4.90 Å². The molecule has 0 aliphatic carbocycles. The zero-order valence-corrected chi connectivity index (χ0v) is 13.5. The highest BCUT2D eigenvalue weighted by atomic mass is 35.5. The molecule has 116 valence electrons. The topological polar surface area (TPSA) is 33.7 Å². The number of halogens is 2. The molecular weight excluding hydrogens is 299 g/mol. The van der Waals surface area contributed by atoms with E-state index in [1.807, 2.05) is 31.2 Å². The van der Waals surface area contributed by atoms with Gasteiger partial charge in [0.2, 0.25) is 0 Å². The maximum atomic E-state index is 5.72. The van der Waals surface area contributed by atoms with Crippen molar-refractivity contribution in [2.45, 2.75) is 6.92 Å². The first-order chi connectivity index (χ1) is 8.88. The van der Waals surface area contributed by atoms with Gasteiger partial charge < -0.3 is 14.8 Å². The molecule has 0 spiro atoms. The summed E-state index contributed by atoms with van der Waals surface area (Å²) in [6.45, 7) is 8.83. The summed E-state index contributed by atoms with van der Waals surface area (Å²) >= 11 is 0. The fourth-order valence-corrected chi connectivity index (χ4v) is 2.03.